The van der Waals surface area contributed by atoms with E-state index >= 15 is 0 Å². The number of anilines is 1. The van der Waals surface area contributed by atoms with Crippen molar-refractivity contribution in [3.8, 4) is 5.69 Å². The summed E-state index contributed by atoms with van der Waals surface area (Å²) in [6, 6.07) is 4.68. The van der Waals surface area contributed by atoms with Gasteiger partial charge in [-0.25, -0.2) is 0 Å². The fourth-order valence-corrected chi connectivity index (χ4v) is 1.58. The van der Waals surface area contributed by atoms with Gasteiger partial charge in [-0.05, 0) is 12.5 Å². The zero-order valence-corrected chi connectivity index (χ0v) is 9.91. The fraction of sp³-hybridized carbons (Fsp3) is 0.273. The van der Waals surface area contributed by atoms with E-state index in [1.807, 2.05) is 0 Å². The normalized spacial score (nSPS) is 10.3. The molecule has 0 unspecified atom stereocenters. The van der Waals surface area contributed by atoms with Gasteiger partial charge in [0, 0.05) is 18.7 Å². The Morgan fingerprint density at radius 1 is 1.39 bits per heavy atom. The third-order valence-electron chi connectivity index (χ3n) is 2.45. The summed E-state index contributed by atoms with van der Waals surface area (Å²) in [5.74, 6) is 0. The van der Waals surface area contributed by atoms with Crippen LogP contribution in [0.5, 0.6) is 0 Å². The van der Waals surface area contributed by atoms with Crippen LogP contribution in [-0.2, 0) is 0 Å². The van der Waals surface area contributed by atoms with Crippen LogP contribution in [0.3, 0.4) is 0 Å². The van der Waals surface area contributed by atoms with Gasteiger partial charge in [0.15, 0.2) is 0 Å². The Morgan fingerprint density at radius 3 is 2.72 bits per heavy atom. The molecular weight excluding hydrogens is 234 g/mol. The van der Waals surface area contributed by atoms with Crippen molar-refractivity contribution in [2.24, 2.45) is 0 Å². The molecule has 0 aliphatic heterocycles. The Labute approximate surface area is 104 Å². The summed E-state index contributed by atoms with van der Waals surface area (Å²) < 4.78 is 1.64. The van der Waals surface area contributed by atoms with Gasteiger partial charge in [0.1, 0.15) is 12.7 Å². The molecule has 0 amide bonds. The summed E-state index contributed by atoms with van der Waals surface area (Å²) in [7, 11) is 0. The Bertz CT molecular complexity index is 538. The van der Waals surface area contributed by atoms with Gasteiger partial charge in [0.05, 0.1) is 16.3 Å². The topological polar surface area (TPSA) is 85.9 Å². The summed E-state index contributed by atoms with van der Waals surface area (Å²) in [5.41, 5.74) is 1.53. The second-order valence-corrected chi connectivity index (χ2v) is 3.75. The largest absolute Gasteiger partial charge is 0.383 e. The van der Waals surface area contributed by atoms with Gasteiger partial charge in [0.2, 0.25) is 0 Å². The molecule has 2 rings (SSSR count). The quantitative estimate of drug-likeness (QED) is 0.645. The van der Waals surface area contributed by atoms with E-state index in [4.69, 9.17) is 0 Å². The van der Waals surface area contributed by atoms with Crippen molar-refractivity contribution in [1.82, 2.24) is 14.8 Å². The van der Waals surface area contributed by atoms with Crippen molar-refractivity contribution < 1.29 is 4.92 Å². The second-order valence-electron chi connectivity index (χ2n) is 3.75. The Morgan fingerprint density at radius 2 is 2.11 bits per heavy atom. The van der Waals surface area contributed by atoms with Crippen molar-refractivity contribution in [1.29, 1.82) is 0 Å². The molecule has 0 spiro atoms. The molecule has 7 heteroatoms. The highest BCUT2D eigenvalue weighted by atomic mass is 16.6. The highest BCUT2D eigenvalue weighted by Crippen LogP contribution is 2.25. The molecule has 1 aromatic carbocycles. The van der Waals surface area contributed by atoms with Crippen LogP contribution in [0.2, 0.25) is 0 Å². The van der Waals surface area contributed by atoms with Crippen LogP contribution in [0.1, 0.15) is 13.3 Å². The lowest BCUT2D eigenvalue weighted by Gasteiger charge is -2.11. The molecule has 0 aliphatic rings. The minimum atomic E-state index is -0.419. The smallest absolute Gasteiger partial charge is 0.271 e. The first-order chi connectivity index (χ1) is 8.72. The number of hydrogen-bond donors (Lipinski definition) is 1. The van der Waals surface area contributed by atoms with Crippen LogP contribution in [0, 0.1) is 10.1 Å². The molecule has 0 fully saturated rings. The number of rotatable bonds is 5. The minimum absolute atomic E-state index is 0.0424. The fourth-order valence-electron chi connectivity index (χ4n) is 1.58. The molecule has 0 atom stereocenters. The van der Waals surface area contributed by atoms with E-state index in [0.717, 1.165) is 18.7 Å². The zero-order chi connectivity index (χ0) is 13.0. The van der Waals surface area contributed by atoms with E-state index in [9.17, 15) is 10.1 Å². The molecule has 0 saturated heterocycles. The molecular formula is C11H13N5O2. The number of nitro groups is 1. The van der Waals surface area contributed by atoms with Gasteiger partial charge in [-0.2, -0.15) is 0 Å². The van der Waals surface area contributed by atoms with E-state index in [-0.39, 0.29) is 5.69 Å². The average Bonchev–Trinajstić information content (AvgIpc) is 2.89. The predicted octanol–water partition coefficient (Wildman–Crippen LogP) is 2.00. The number of nitrogens with zero attached hydrogens (tertiary/aromatic N) is 4. The monoisotopic (exact) mass is 247 g/mol. The van der Waals surface area contributed by atoms with Gasteiger partial charge in [-0.3, -0.25) is 14.7 Å². The van der Waals surface area contributed by atoms with E-state index in [2.05, 4.69) is 22.4 Å². The standard InChI is InChI=1S/C11H13N5O2/c1-2-5-12-10-4-3-9(16(17)18)6-11(10)15-7-13-14-8-15/h3-4,6-8,12H,2,5H2,1H3. The van der Waals surface area contributed by atoms with Crippen molar-refractivity contribution in [2.45, 2.75) is 13.3 Å². The summed E-state index contributed by atoms with van der Waals surface area (Å²) in [5, 5.41) is 21.4. The van der Waals surface area contributed by atoms with Gasteiger partial charge in [0.25, 0.3) is 5.69 Å². The van der Waals surface area contributed by atoms with Crippen molar-refractivity contribution >= 4 is 11.4 Å². The van der Waals surface area contributed by atoms with Crippen LogP contribution in [0.25, 0.3) is 5.69 Å². The van der Waals surface area contributed by atoms with E-state index in [0.29, 0.717) is 5.69 Å². The molecule has 1 aromatic heterocycles. The highest BCUT2D eigenvalue weighted by Gasteiger charge is 2.11. The van der Waals surface area contributed by atoms with E-state index < -0.39 is 4.92 Å². The van der Waals surface area contributed by atoms with Crippen LogP contribution in [0.4, 0.5) is 11.4 Å². The molecule has 0 saturated carbocycles. The van der Waals surface area contributed by atoms with Crippen molar-refractivity contribution in [3.05, 3.63) is 41.0 Å². The van der Waals surface area contributed by atoms with Crippen LogP contribution >= 0.6 is 0 Å². The SMILES string of the molecule is CCCNc1ccc([N+](=O)[O-])cc1-n1cnnc1. The molecule has 0 bridgehead atoms. The first-order valence-corrected chi connectivity index (χ1v) is 5.59. The van der Waals surface area contributed by atoms with Crippen LogP contribution in [-0.4, -0.2) is 26.2 Å². The molecule has 0 aliphatic carbocycles. The molecule has 94 valence electrons. The van der Waals surface area contributed by atoms with E-state index in [1.165, 1.54) is 24.8 Å². The van der Waals surface area contributed by atoms with Crippen molar-refractivity contribution in [3.63, 3.8) is 0 Å². The lowest BCUT2D eigenvalue weighted by Crippen LogP contribution is -2.05. The molecule has 1 heterocycles. The van der Waals surface area contributed by atoms with Gasteiger partial charge >= 0.3 is 0 Å². The lowest BCUT2D eigenvalue weighted by atomic mass is 10.2. The number of nitrogens with one attached hydrogen (secondary N) is 1. The molecule has 2 aromatic rings. The first-order valence-electron chi connectivity index (χ1n) is 5.59. The second kappa shape index (κ2) is 5.26. The molecule has 18 heavy (non-hydrogen) atoms. The average molecular weight is 247 g/mol. The zero-order valence-electron chi connectivity index (χ0n) is 9.91. The summed E-state index contributed by atoms with van der Waals surface area (Å²) in [4.78, 5) is 10.4. The third kappa shape index (κ3) is 2.45. The maximum Gasteiger partial charge on any atom is 0.271 e. The van der Waals surface area contributed by atoms with Crippen LogP contribution in [0.15, 0.2) is 30.9 Å². The summed E-state index contributed by atoms with van der Waals surface area (Å²) in [6.07, 6.45) is 3.99. The van der Waals surface area contributed by atoms with Gasteiger partial charge in [-0.1, -0.05) is 6.92 Å². The lowest BCUT2D eigenvalue weighted by molar-refractivity contribution is -0.384. The summed E-state index contributed by atoms with van der Waals surface area (Å²) >= 11 is 0. The van der Waals surface area contributed by atoms with Gasteiger partial charge < -0.3 is 5.32 Å². The number of hydrogen-bond acceptors (Lipinski definition) is 5. The number of aromatic nitrogens is 3. The molecule has 7 nitrogen and oxygen atoms in total. The van der Waals surface area contributed by atoms with E-state index in [1.54, 1.807) is 10.6 Å². The Hall–Kier alpha value is -2.44. The van der Waals surface area contributed by atoms with Crippen molar-refractivity contribution in [2.75, 3.05) is 11.9 Å². The number of nitro benzene ring substituents is 1. The molecule has 0 radical (unpaired) electrons. The predicted molar refractivity (Wildman–Crippen MR) is 66.8 cm³/mol. The maximum absolute atomic E-state index is 10.8. The number of non-ortho nitro benzene ring substituents is 1. The first kappa shape index (κ1) is 12.0. The van der Waals surface area contributed by atoms with Crippen LogP contribution < -0.4 is 5.32 Å². The Kier molecular flexibility index (Phi) is 3.52. The van der Waals surface area contributed by atoms with Gasteiger partial charge in [-0.15, -0.1) is 10.2 Å². The number of benzene rings is 1. The minimum Gasteiger partial charge on any atom is -0.383 e. The summed E-state index contributed by atoms with van der Waals surface area (Å²) in [6.45, 7) is 2.85. The highest BCUT2D eigenvalue weighted by molar-refractivity contribution is 5.64. The molecule has 1 N–H and O–H groups in total. The Balaban J connectivity index is 2.43. The maximum atomic E-state index is 10.8. The third-order valence-corrected chi connectivity index (χ3v) is 2.45.